The van der Waals surface area contributed by atoms with Gasteiger partial charge in [0.25, 0.3) is 0 Å². The van der Waals surface area contributed by atoms with Gasteiger partial charge in [0.05, 0.1) is 39.0 Å². The van der Waals surface area contributed by atoms with Crippen molar-refractivity contribution in [1.82, 2.24) is 0 Å². The molecule has 0 fully saturated rings. The van der Waals surface area contributed by atoms with Crippen LogP contribution in [0.2, 0.25) is 0 Å². The first kappa shape index (κ1) is 22.3. The van der Waals surface area contributed by atoms with E-state index in [0.717, 1.165) is 48.3 Å². The summed E-state index contributed by atoms with van der Waals surface area (Å²) < 4.78 is 21.8. The summed E-state index contributed by atoms with van der Waals surface area (Å²) in [6.07, 6.45) is 5.68. The van der Waals surface area contributed by atoms with E-state index in [1.54, 1.807) is 6.26 Å². The molecule has 0 amide bonds. The maximum atomic E-state index is 5.56. The largest absolute Gasteiger partial charge is 0.501 e. The predicted molar refractivity (Wildman–Crippen MR) is 108 cm³/mol. The number of rotatable bonds is 14. The molecule has 4 nitrogen and oxygen atoms in total. The quantitative estimate of drug-likeness (QED) is 0.333. The molecule has 0 aromatic heterocycles. The number of allylic oxidation sites excluding steroid dienone is 2. The van der Waals surface area contributed by atoms with E-state index < -0.39 is 0 Å². The molecule has 0 unspecified atom stereocenters. The van der Waals surface area contributed by atoms with Crippen LogP contribution < -0.4 is 0 Å². The van der Waals surface area contributed by atoms with E-state index >= 15 is 0 Å². The van der Waals surface area contributed by atoms with E-state index in [1.807, 2.05) is 13.2 Å². The van der Waals surface area contributed by atoms with Crippen molar-refractivity contribution >= 4 is 11.1 Å². The van der Waals surface area contributed by atoms with Gasteiger partial charge in [0.2, 0.25) is 0 Å². The van der Waals surface area contributed by atoms with Crippen molar-refractivity contribution in [2.45, 2.75) is 40.5 Å². The minimum absolute atomic E-state index is 0.541. The summed E-state index contributed by atoms with van der Waals surface area (Å²) in [7, 11) is 0. The monoisotopic (exact) mass is 362 g/mol. The van der Waals surface area contributed by atoms with Gasteiger partial charge in [-0.3, -0.25) is 0 Å². The van der Waals surface area contributed by atoms with Crippen molar-refractivity contribution in [1.29, 1.82) is 0 Å². The van der Waals surface area contributed by atoms with Crippen LogP contribution in [0.1, 0.15) is 51.7 Å². The molecule has 1 aromatic carbocycles. The van der Waals surface area contributed by atoms with Gasteiger partial charge in [0.15, 0.2) is 0 Å². The Morgan fingerprint density at radius 3 is 1.58 bits per heavy atom. The van der Waals surface area contributed by atoms with E-state index in [4.69, 9.17) is 18.9 Å². The molecule has 0 N–H and O–H groups in total. The van der Waals surface area contributed by atoms with Gasteiger partial charge in [0, 0.05) is 6.61 Å². The normalized spacial score (nSPS) is 12.3. The SMILES string of the molecule is CCCOC=C(C)c1ccc(C(C)=COCCOCCOCCC)cc1. The minimum atomic E-state index is 0.541. The summed E-state index contributed by atoms with van der Waals surface area (Å²) in [6, 6.07) is 8.41. The molecule has 1 aromatic rings. The molecule has 0 aliphatic carbocycles. The Labute approximate surface area is 158 Å². The molecule has 0 radical (unpaired) electrons. The topological polar surface area (TPSA) is 36.9 Å². The summed E-state index contributed by atoms with van der Waals surface area (Å²) in [5.41, 5.74) is 4.52. The molecular formula is C22H34O4. The molecule has 26 heavy (non-hydrogen) atoms. The standard InChI is InChI=1S/C22H34O4/c1-5-11-23-13-14-24-15-16-26-18-20(4)22-9-7-21(8-10-22)19(3)17-25-12-6-2/h7-10,17-18H,5-6,11-16H2,1-4H3. The number of ether oxygens (including phenoxy) is 4. The lowest BCUT2D eigenvalue weighted by Gasteiger charge is -2.07. The molecule has 146 valence electrons. The van der Waals surface area contributed by atoms with Gasteiger partial charge in [-0.25, -0.2) is 0 Å². The number of benzene rings is 1. The minimum Gasteiger partial charge on any atom is -0.501 e. The Kier molecular flexibility index (Phi) is 12.3. The van der Waals surface area contributed by atoms with E-state index in [1.165, 1.54) is 0 Å². The predicted octanol–water partition coefficient (Wildman–Crippen LogP) is 5.29. The lowest BCUT2D eigenvalue weighted by molar-refractivity contribution is 0.0309. The van der Waals surface area contributed by atoms with E-state index in [9.17, 15) is 0 Å². The van der Waals surface area contributed by atoms with Gasteiger partial charge in [-0.2, -0.15) is 0 Å². The third-order valence-corrected chi connectivity index (χ3v) is 3.70. The van der Waals surface area contributed by atoms with Gasteiger partial charge in [0.1, 0.15) is 6.61 Å². The lowest BCUT2D eigenvalue weighted by Crippen LogP contribution is -2.08. The zero-order valence-electron chi connectivity index (χ0n) is 16.8. The van der Waals surface area contributed by atoms with Crippen LogP contribution in [-0.2, 0) is 18.9 Å². The fourth-order valence-corrected chi connectivity index (χ4v) is 2.19. The highest BCUT2D eigenvalue weighted by atomic mass is 16.5. The number of hydrogen-bond acceptors (Lipinski definition) is 4. The molecule has 0 atom stereocenters. The van der Waals surface area contributed by atoms with Crippen LogP contribution in [0.15, 0.2) is 36.8 Å². The maximum Gasteiger partial charge on any atom is 0.111 e. The third-order valence-electron chi connectivity index (χ3n) is 3.70. The molecule has 0 aliphatic heterocycles. The number of hydrogen-bond donors (Lipinski definition) is 0. The van der Waals surface area contributed by atoms with Crippen molar-refractivity contribution < 1.29 is 18.9 Å². The Morgan fingerprint density at radius 1 is 0.654 bits per heavy atom. The zero-order chi connectivity index (χ0) is 19.0. The Hall–Kier alpha value is -1.78. The molecule has 0 bridgehead atoms. The van der Waals surface area contributed by atoms with Crippen LogP contribution in [-0.4, -0.2) is 39.6 Å². The van der Waals surface area contributed by atoms with Gasteiger partial charge >= 0.3 is 0 Å². The highest BCUT2D eigenvalue weighted by molar-refractivity contribution is 5.68. The molecule has 1 rings (SSSR count). The zero-order valence-corrected chi connectivity index (χ0v) is 16.8. The first-order chi connectivity index (χ1) is 12.7. The highest BCUT2D eigenvalue weighted by Gasteiger charge is 2.00. The second-order valence-electron chi connectivity index (χ2n) is 6.15. The van der Waals surface area contributed by atoms with Gasteiger partial charge in [-0.1, -0.05) is 38.1 Å². The lowest BCUT2D eigenvalue weighted by atomic mass is 10.0. The second kappa shape index (κ2) is 14.4. The summed E-state index contributed by atoms with van der Waals surface area (Å²) in [6.45, 7) is 12.2. The van der Waals surface area contributed by atoms with Gasteiger partial charge in [-0.15, -0.1) is 0 Å². The van der Waals surface area contributed by atoms with Crippen molar-refractivity contribution in [2.75, 3.05) is 39.6 Å². The van der Waals surface area contributed by atoms with Crippen molar-refractivity contribution in [3.05, 3.63) is 47.9 Å². The van der Waals surface area contributed by atoms with Crippen molar-refractivity contribution in [3.63, 3.8) is 0 Å². The summed E-state index contributed by atoms with van der Waals surface area (Å²) in [4.78, 5) is 0. The average molecular weight is 363 g/mol. The molecule has 0 aliphatic rings. The Morgan fingerprint density at radius 2 is 1.08 bits per heavy atom. The Bertz CT molecular complexity index is 532. The van der Waals surface area contributed by atoms with Crippen LogP contribution in [0.4, 0.5) is 0 Å². The molecule has 4 heteroatoms. The van der Waals surface area contributed by atoms with Crippen LogP contribution in [0.3, 0.4) is 0 Å². The fourth-order valence-electron chi connectivity index (χ4n) is 2.19. The maximum absolute atomic E-state index is 5.56. The summed E-state index contributed by atoms with van der Waals surface area (Å²) >= 11 is 0. The summed E-state index contributed by atoms with van der Waals surface area (Å²) in [5, 5.41) is 0. The second-order valence-corrected chi connectivity index (χ2v) is 6.15. The van der Waals surface area contributed by atoms with Crippen molar-refractivity contribution in [3.8, 4) is 0 Å². The van der Waals surface area contributed by atoms with Crippen LogP contribution in [0.25, 0.3) is 11.1 Å². The summed E-state index contributed by atoms with van der Waals surface area (Å²) in [5.74, 6) is 0. The highest BCUT2D eigenvalue weighted by Crippen LogP contribution is 2.19. The van der Waals surface area contributed by atoms with Gasteiger partial charge < -0.3 is 18.9 Å². The average Bonchev–Trinajstić information content (AvgIpc) is 2.66. The third kappa shape index (κ3) is 9.64. The van der Waals surface area contributed by atoms with Crippen molar-refractivity contribution in [2.24, 2.45) is 0 Å². The molecule has 0 spiro atoms. The fraction of sp³-hybridized carbons (Fsp3) is 0.545. The molecule has 0 heterocycles. The van der Waals surface area contributed by atoms with E-state index in [2.05, 4.69) is 45.0 Å². The first-order valence-corrected chi connectivity index (χ1v) is 9.52. The van der Waals surface area contributed by atoms with Crippen LogP contribution >= 0.6 is 0 Å². The first-order valence-electron chi connectivity index (χ1n) is 9.52. The van der Waals surface area contributed by atoms with E-state index in [0.29, 0.717) is 26.4 Å². The van der Waals surface area contributed by atoms with Gasteiger partial charge in [-0.05, 0) is 49.0 Å². The molecular weight excluding hydrogens is 328 g/mol. The van der Waals surface area contributed by atoms with Crippen LogP contribution in [0, 0.1) is 0 Å². The van der Waals surface area contributed by atoms with E-state index in [-0.39, 0.29) is 0 Å². The molecule has 0 saturated carbocycles. The smallest absolute Gasteiger partial charge is 0.111 e. The molecule has 0 saturated heterocycles. The van der Waals surface area contributed by atoms with Crippen LogP contribution in [0.5, 0.6) is 0 Å². The Balaban J connectivity index is 2.32.